The molecule has 3 aromatic rings. The third kappa shape index (κ3) is 4.86. The van der Waals surface area contributed by atoms with Gasteiger partial charge in [-0.1, -0.05) is 60.7 Å². The van der Waals surface area contributed by atoms with Crippen molar-refractivity contribution in [2.45, 2.75) is 20.0 Å². The number of benzene rings is 3. The topological polar surface area (TPSA) is 49.4 Å². The van der Waals surface area contributed by atoms with E-state index in [0.717, 1.165) is 16.7 Å². The minimum Gasteiger partial charge on any atom is -0.348 e. The molecule has 0 radical (unpaired) electrons. The summed E-state index contributed by atoms with van der Waals surface area (Å²) in [5.74, 6) is -0.305. The third-order valence-corrected chi connectivity index (χ3v) is 4.68. The molecule has 0 spiro atoms. The average Bonchev–Trinajstić information content (AvgIpc) is 2.73. The van der Waals surface area contributed by atoms with Crippen molar-refractivity contribution in [3.8, 4) is 0 Å². The maximum absolute atomic E-state index is 12.7. The monoisotopic (exact) mass is 372 g/mol. The standard InChI is InChI=1S/C24H24N2O2/c1-18-9-6-7-12-22(18)16-25-23(27)20-13-8-14-21(15-20)24(28)26(2)17-19-10-4-3-5-11-19/h3-15H,16-17H2,1-2H3,(H,25,27). The molecule has 0 fully saturated rings. The zero-order valence-electron chi connectivity index (χ0n) is 16.2. The molecule has 28 heavy (non-hydrogen) atoms. The summed E-state index contributed by atoms with van der Waals surface area (Å²) in [6.07, 6.45) is 0. The summed E-state index contributed by atoms with van der Waals surface area (Å²) in [5.41, 5.74) is 4.25. The first-order valence-electron chi connectivity index (χ1n) is 9.27. The van der Waals surface area contributed by atoms with Gasteiger partial charge in [0.2, 0.25) is 0 Å². The van der Waals surface area contributed by atoms with Gasteiger partial charge in [0.1, 0.15) is 0 Å². The maximum Gasteiger partial charge on any atom is 0.253 e. The van der Waals surface area contributed by atoms with Crippen LogP contribution in [-0.4, -0.2) is 23.8 Å². The van der Waals surface area contributed by atoms with E-state index in [2.05, 4.69) is 5.32 Å². The van der Waals surface area contributed by atoms with Gasteiger partial charge in [0.05, 0.1) is 0 Å². The van der Waals surface area contributed by atoms with Gasteiger partial charge in [0, 0.05) is 31.3 Å². The minimum atomic E-state index is -0.191. The van der Waals surface area contributed by atoms with Gasteiger partial charge in [-0.25, -0.2) is 0 Å². The molecule has 0 saturated heterocycles. The van der Waals surface area contributed by atoms with Crippen molar-refractivity contribution in [2.24, 2.45) is 0 Å². The van der Waals surface area contributed by atoms with Crippen molar-refractivity contribution < 1.29 is 9.59 Å². The minimum absolute atomic E-state index is 0.114. The van der Waals surface area contributed by atoms with E-state index in [4.69, 9.17) is 0 Å². The largest absolute Gasteiger partial charge is 0.348 e. The van der Waals surface area contributed by atoms with E-state index in [-0.39, 0.29) is 11.8 Å². The lowest BCUT2D eigenvalue weighted by atomic mass is 10.1. The molecule has 0 saturated carbocycles. The molecule has 1 N–H and O–H groups in total. The third-order valence-electron chi connectivity index (χ3n) is 4.68. The van der Waals surface area contributed by atoms with Crippen molar-refractivity contribution >= 4 is 11.8 Å². The molecule has 0 aromatic heterocycles. The lowest BCUT2D eigenvalue weighted by Gasteiger charge is -2.18. The van der Waals surface area contributed by atoms with E-state index >= 15 is 0 Å². The molecule has 142 valence electrons. The van der Waals surface area contributed by atoms with Crippen molar-refractivity contribution in [2.75, 3.05) is 7.05 Å². The number of nitrogens with one attached hydrogen (secondary N) is 1. The number of rotatable bonds is 6. The number of nitrogens with zero attached hydrogens (tertiary/aromatic N) is 1. The van der Waals surface area contributed by atoms with Gasteiger partial charge in [0.15, 0.2) is 0 Å². The van der Waals surface area contributed by atoms with Crippen LogP contribution in [0.4, 0.5) is 0 Å². The van der Waals surface area contributed by atoms with Crippen LogP contribution in [0.1, 0.15) is 37.4 Å². The summed E-state index contributed by atoms with van der Waals surface area (Å²) < 4.78 is 0. The highest BCUT2D eigenvalue weighted by molar-refractivity contribution is 5.99. The number of hydrogen-bond donors (Lipinski definition) is 1. The molecule has 3 rings (SSSR count). The molecular weight excluding hydrogens is 348 g/mol. The van der Waals surface area contributed by atoms with E-state index in [1.165, 1.54) is 0 Å². The quantitative estimate of drug-likeness (QED) is 0.705. The Labute approximate surface area is 165 Å². The highest BCUT2D eigenvalue weighted by atomic mass is 16.2. The predicted octanol–water partition coefficient (Wildman–Crippen LogP) is 4.20. The van der Waals surface area contributed by atoms with Crippen LogP contribution < -0.4 is 5.32 Å². The van der Waals surface area contributed by atoms with Crippen molar-refractivity contribution in [1.82, 2.24) is 10.2 Å². The van der Waals surface area contributed by atoms with Gasteiger partial charge in [-0.05, 0) is 41.8 Å². The Morgan fingerprint density at radius 3 is 2.29 bits per heavy atom. The van der Waals surface area contributed by atoms with Crippen LogP contribution in [0.15, 0.2) is 78.9 Å². The second-order valence-corrected chi connectivity index (χ2v) is 6.84. The van der Waals surface area contributed by atoms with Gasteiger partial charge < -0.3 is 10.2 Å². The molecule has 0 heterocycles. The number of carbonyl (C=O) groups excluding carboxylic acids is 2. The lowest BCUT2D eigenvalue weighted by molar-refractivity contribution is 0.0785. The van der Waals surface area contributed by atoms with Gasteiger partial charge >= 0.3 is 0 Å². The molecule has 2 amide bonds. The molecule has 0 atom stereocenters. The Hall–Kier alpha value is -3.40. The first kappa shape index (κ1) is 19.4. The highest BCUT2D eigenvalue weighted by Gasteiger charge is 2.14. The first-order valence-corrected chi connectivity index (χ1v) is 9.27. The zero-order valence-corrected chi connectivity index (χ0v) is 16.2. The maximum atomic E-state index is 12.7. The van der Waals surface area contributed by atoms with E-state index < -0.39 is 0 Å². The fourth-order valence-electron chi connectivity index (χ4n) is 3.03. The van der Waals surface area contributed by atoms with Gasteiger partial charge in [-0.3, -0.25) is 9.59 Å². The molecule has 4 nitrogen and oxygen atoms in total. The van der Waals surface area contributed by atoms with Crippen LogP contribution in [0.2, 0.25) is 0 Å². The number of hydrogen-bond acceptors (Lipinski definition) is 2. The molecule has 0 aliphatic heterocycles. The van der Waals surface area contributed by atoms with Crippen LogP contribution in [-0.2, 0) is 13.1 Å². The van der Waals surface area contributed by atoms with Crippen LogP contribution in [0.3, 0.4) is 0 Å². The summed E-state index contributed by atoms with van der Waals surface area (Å²) in [6.45, 7) is 2.99. The second kappa shape index (κ2) is 9.00. The number of carbonyl (C=O) groups is 2. The summed E-state index contributed by atoms with van der Waals surface area (Å²) in [5, 5.41) is 2.93. The molecular formula is C24H24N2O2. The Morgan fingerprint density at radius 2 is 1.54 bits per heavy atom. The van der Waals surface area contributed by atoms with Crippen molar-refractivity contribution in [1.29, 1.82) is 0 Å². The Bertz CT molecular complexity index is 967. The normalized spacial score (nSPS) is 10.4. The average molecular weight is 372 g/mol. The summed E-state index contributed by atoms with van der Waals surface area (Å²) in [7, 11) is 1.76. The van der Waals surface area contributed by atoms with Crippen LogP contribution >= 0.6 is 0 Å². The van der Waals surface area contributed by atoms with E-state index in [0.29, 0.717) is 24.2 Å². The van der Waals surface area contributed by atoms with Crippen molar-refractivity contribution in [3.63, 3.8) is 0 Å². The first-order chi connectivity index (χ1) is 13.5. The lowest BCUT2D eigenvalue weighted by Crippen LogP contribution is -2.27. The van der Waals surface area contributed by atoms with E-state index in [1.807, 2.05) is 61.5 Å². The van der Waals surface area contributed by atoms with Crippen molar-refractivity contribution in [3.05, 3.63) is 107 Å². The fraction of sp³-hybridized carbons (Fsp3) is 0.167. The summed E-state index contributed by atoms with van der Waals surface area (Å²) >= 11 is 0. The Balaban J connectivity index is 1.66. The van der Waals surface area contributed by atoms with Crippen LogP contribution in [0.5, 0.6) is 0 Å². The summed E-state index contributed by atoms with van der Waals surface area (Å²) in [4.78, 5) is 26.9. The molecule has 3 aromatic carbocycles. The SMILES string of the molecule is Cc1ccccc1CNC(=O)c1cccc(C(=O)N(C)Cc2ccccc2)c1. The van der Waals surface area contributed by atoms with E-state index in [1.54, 1.807) is 36.2 Å². The number of amides is 2. The molecule has 0 unspecified atom stereocenters. The smallest absolute Gasteiger partial charge is 0.253 e. The zero-order chi connectivity index (χ0) is 19.9. The van der Waals surface area contributed by atoms with Gasteiger partial charge in [0.25, 0.3) is 11.8 Å². The molecule has 0 aliphatic carbocycles. The fourth-order valence-corrected chi connectivity index (χ4v) is 3.03. The Morgan fingerprint density at radius 1 is 0.857 bits per heavy atom. The van der Waals surface area contributed by atoms with Crippen LogP contribution in [0.25, 0.3) is 0 Å². The molecule has 0 aliphatic rings. The van der Waals surface area contributed by atoms with E-state index in [9.17, 15) is 9.59 Å². The highest BCUT2D eigenvalue weighted by Crippen LogP contribution is 2.12. The summed E-state index contributed by atoms with van der Waals surface area (Å²) in [6, 6.07) is 24.6. The second-order valence-electron chi connectivity index (χ2n) is 6.84. The molecule has 4 heteroatoms. The molecule has 0 bridgehead atoms. The predicted molar refractivity (Wildman–Crippen MR) is 111 cm³/mol. The van der Waals surface area contributed by atoms with Gasteiger partial charge in [-0.15, -0.1) is 0 Å². The van der Waals surface area contributed by atoms with Gasteiger partial charge in [-0.2, -0.15) is 0 Å². The van der Waals surface area contributed by atoms with Crippen LogP contribution in [0, 0.1) is 6.92 Å². The Kier molecular flexibility index (Phi) is 6.22. The number of aryl methyl sites for hydroxylation is 1.